The van der Waals surface area contributed by atoms with E-state index in [9.17, 15) is 9.18 Å². The van der Waals surface area contributed by atoms with Gasteiger partial charge in [0.25, 0.3) is 0 Å². The molecule has 1 saturated heterocycles. The van der Waals surface area contributed by atoms with Crippen LogP contribution in [0.4, 0.5) is 4.39 Å². The van der Waals surface area contributed by atoms with E-state index < -0.39 is 5.76 Å². The van der Waals surface area contributed by atoms with Gasteiger partial charge in [-0.1, -0.05) is 6.07 Å². The van der Waals surface area contributed by atoms with Crippen LogP contribution >= 0.6 is 11.8 Å². The summed E-state index contributed by atoms with van der Waals surface area (Å²) in [5, 5.41) is 0.558. The molecular weight excluding hydrogens is 405 g/mol. The number of hydrogen-bond donors (Lipinski definition) is 2. The molecule has 6 nitrogen and oxygen atoms in total. The van der Waals surface area contributed by atoms with E-state index in [1.807, 2.05) is 42.1 Å². The lowest BCUT2D eigenvalue weighted by atomic mass is 10.1. The molecule has 5 rings (SSSR count). The molecule has 3 heterocycles. The third-order valence-corrected chi connectivity index (χ3v) is 6.84. The molecule has 30 heavy (non-hydrogen) atoms. The lowest BCUT2D eigenvalue weighted by Gasteiger charge is -2.32. The number of oxazole rings is 1. The second-order valence-electron chi connectivity index (χ2n) is 7.64. The maximum atomic E-state index is 13.1. The molecule has 0 spiro atoms. The Kier molecular flexibility index (Phi) is 5.37. The van der Waals surface area contributed by atoms with Crippen molar-refractivity contribution in [3.8, 4) is 0 Å². The number of fused-ring (bicyclic) bond motifs is 1. The fourth-order valence-corrected chi connectivity index (χ4v) is 5.05. The maximum absolute atomic E-state index is 13.1. The molecule has 0 radical (unpaired) electrons. The van der Waals surface area contributed by atoms with Gasteiger partial charge in [0.2, 0.25) is 0 Å². The van der Waals surface area contributed by atoms with Crippen LogP contribution in [0.25, 0.3) is 16.8 Å². The van der Waals surface area contributed by atoms with Gasteiger partial charge in [-0.2, -0.15) is 0 Å². The number of hydroxylamine groups is 1. The second kappa shape index (κ2) is 8.29. The molecule has 2 aliphatic heterocycles. The van der Waals surface area contributed by atoms with E-state index in [0.29, 0.717) is 16.3 Å². The quantitative estimate of drug-likeness (QED) is 0.646. The highest BCUT2D eigenvalue weighted by Gasteiger charge is 2.25. The van der Waals surface area contributed by atoms with Crippen molar-refractivity contribution in [2.75, 3.05) is 19.6 Å². The Bertz CT molecular complexity index is 1120. The molecule has 1 unspecified atom stereocenters. The van der Waals surface area contributed by atoms with Crippen molar-refractivity contribution >= 4 is 28.6 Å². The van der Waals surface area contributed by atoms with E-state index in [1.165, 1.54) is 12.1 Å². The standard InChI is InChI=1S/C22H22FN3O3S/c23-15-2-4-17(5-3-15)30-18-7-9-26(10-8-18)13-16-12-20(25-29-16)14-1-6-19-21(11-14)28-22(27)24-19/h1-6,11-12,16,18,25H,7-10,13H2,(H,24,27). The number of thioether (sulfide) groups is 1. The predicted molar refractivity (Wildman–Crippen MR) is 115 cm³/mol. The number of hydrogen-bond acceptors (Lipinski definition) is 6. The number of nitrogens with zero attached hydrogens (tertiary/aromatic N) is 1. The SMILES string of the molecule is O=c1[nH]c2ccc(C3=CC(CN4CCC(Sc5ccc(F)cc5)CC4)ON3)cc2o1. The molecule has 1 fully saturated rings. The number of piperidine rings is 1. The number of aromatic amines is 1. The maximum Gasteiger partial charge on any atom is 0.417 e. The van der Waals surface area contributed by atoms with Crippen molar-refractivity contribution in [2.24, 2.45) is 0 Å². The molecule has 2 aliphatic rings. The molecular formula is C22H22FN3O3S. The molecule has 0 bridgehead atoms. The van der Waals surface area contributed by atoms with Crippen molar-refractivity contribution in [3.05, 3.63) is 70.5 Å². The van der Waals surface area contributed by atoms with E-state index in [-0.39, 0.29) is 11.9 Å². The van der Waals surface area contributed by atoms with Gasteiger partial charge in [0.05, 0.1) is 11.2 Å². The number of H-pyrrole nitrogens is 1. The van der Waals surface area contributed by atoms with Gasteiger partial charge in [-0.3, -0.25) is 15.3 Å². The summed E-state index contributed by atoms with van der Waals surface area (Å²) in [5.41, 5.74) is 6.01. The Morgan fingerprint density at radius 2 is 1.93 bits per heavy atom. The lowest BCUT2D eigenvalue weighted by Crippen LogP contribution is -2.39. The van der Waals surface area contributed by atoms with E-state index in [4.69, 9.17) is 9.25 Å². The molecule has 0 aliphatic carbocycles. The smallest absolute Gasteiger partial charge is 0.408 e. The highest BCUT2D eigenvalue weighted by molar-refractivity contribution is 8.00. The number of benzene rings is 2. The number of nitrogens with one attached hydrogen (secondary N) is 2. The zero-order chi connectivity index (χ0) is 20.5. The van der Waals surface area contributed by atoms with E-state index >= 15 is 0 Å². The Balaban J connectivity index is 1.15. The highest BCUT2D eigenvalue weighted by Crippen LogP contribution is 2.31. The van der Waals surface area contributed by atoms with Gasteiger partial charge in [-0.05, 0) is 68.4 Å². The first-order valence-electron chi connectivity index (χ1n) is 10.0. The van der Waals surface area contributed by atoms with Gasteiger partial charge in [0.15, 0.2) is 5.58 Å². The van der Waals surface area contributed by atoms with Gasteiger partial charge in [0, 0.05) is 22.3 Å². The van der Waals surface area contributed by atoms with E-state index in [1.54, 1.807) is 0 Å². The summed E-state index contributed by atoms with van der Waals surface area (Å²) in [7, 11) is 0. The number of likely N-dealkylation sites (tertiary alicyclic amines) is 1. The minimum absolute atomic E-state index is 0.0322. The van der Waals surface area contributed by atoms with Crippen LogP contribution in [-0.2, 0) is 4.84 Å². The third kappa shape index (κ3) is 4.30. The number of halogens is 1. The van der Waals surface area contributed by atoms with Gasteiger partial charge in [0.1, 0.15) is 11.9 Å². The first-order chi connectivity index (χ1) is 14.6. The molecule has 156 valence electrons. The molecule has 1 atom stereocenters. The monoisotopic (exact) mass is 427 g/mol. The summed E-state index contributed by atoms with van der Waals surface area (Å²) < 4.78 is 18.2. The fourth-order valence-electron chi connectivity index (χ4n) is 3.92. The van der Waals surface area contributed by atoms with Gasteiger partial charge < -0.3 is 9.32 Å². The average Bonchev–Trinajstić information content (AvgIpc) is 3.36. The minimum atomic E-state index is -0.453. The molecule has 0 amide bonds. The molecule has 3 aromatic rings. The number of aromatic nitrogens is 1. The van der Waals surface area contributed by atoms with Gasteiger partial charge in [-0.25, -0.2) is 9.18 Å². The Morgan fingerprint density at radius 3 is 2.73 bits per heavy atom. The third-order valence-electron chi connectivity index (χ3n) is 5.49. The topological polar surface area (TPSA) is 70.5 Å². The number of rotatable bonds is 5. The molecule has 2 aromatic carbocycles. The largest absolute Gasteiger partial charge is 0.417 e. The van der Waals surface area contributed by atoms with Crippen molar-refractivity contribution < 1.29 is 13.6 Å². The van der Waals surface area contributed by atoms with Crippen LogP contribution in [-0.4, -0.2) is 40.9 Å². The second-order valence-corrected chi connectivity index (χ2v) is 9.01. The van der Waals surface area contributed by atoms with Crippen LogP contribution in [0.15, 0.2) is 62.6 Å². The summed E-state index contributed by atoms with van der Waals surface area (Å²) >= 11 is 1.84. The first-order valence-corrected chi connectivity index (χ1v) is 10.9. The molecule has 2 N–H and O–H groups in total. The fraction of sp³-hybridized carbons (Fsp3) is 0.318. The Morgan fingerprint density at radius 1 is 1.13 bits per heavy atom. The summed E-state index contributed by atoms with van der Waals surface area (Å²) in [5.74, 6) is -0.644. The molecule has 8 heteroatoms. The normalized spacial score (nSPS) is 20.4. The van der Waals surface area contributed by atoms with Gasteiger partial charge >= 0.3 is 5.76 Å². The molecule has 0 saturated carbocycles. The zero-order valence-corrected chi connectivity index (χ0v) is 17.1. The van der Waals surface area contributed by atoms with Crippen LogP contribution in [0.3, 0.4) is 0 Å². The van der Waals surface area contributed by atoms with Crippen LogP contribution in [0, 0.1) is 5.82 Å². The van der Waals surface area contributed by atoms with E-state index in [0.717, 1.165) is 48.6 Å². The highest BCUT2D eigenvalue weighted by atomic mass is 32.2. The predicted octanol–water partition coefficient (Wildman–Crippen LogP) is 3.76. The Labute approximate surface area is 177 Å². The average molecular weight is 428 g/mol. The van der Waals surface area contributed by atoms with Crippen LogP contribution in [0.5, 0.6) is 0 Å². The summed E-state index contributed by atoms with van der Waals surface area (Å²) in [4.78, 5) is 23.3. The first kappa shape index (κ1) is 19.4. The van der Waals surface area contributed by atoms with Crippen LogP contribution in [0.1, 0.15) is 18.4 Å². The molecule has 1 aromatic heterocycles. The Hall–Kier alpha value is -2.55. The zero-order valence-electron chi connectivity index (χ0n) is 16.3. The van der Waals surface area contributed by atoms with Crippen molar-refractivity contribution in [1.82, 2.24) is 15.4 Å². The van der Waals surface area contributed by atoms with Crippen molar-refractivity contribution in [1.29, 1.82) is 0 Å². The van der Waals surface area contributed by atoms with Gasteiger partial charge in [-0.15, -0.1) is 11.8 Å². The summed E-state index contributed by atoms with van der Waals surface area (Å²) in [6.45, 7) is 2.86. The van der Waals surface area contributed by atoms with Crippen LogP contribution in [0.2, 0.25) is 0 Å². The lowest BCUT2D eigenvalue weighted by molar-refractivity contribution is 0.0251. The van der Waals surface area contributed by atoms with Crippen LogP contribution < -0.4 is 11.2 Å². The minimum Gasteiger partial charge on any atom is -0.408 e. The van der Waals surface area contributed by atoms with Crippen molar-refractivity contribution in [3.63, 3.8) is 0 Å². The van der Waals surface area contributed by atoms with E-state index in [2.05, 4.69) is 21.4 Å². The summed E-state index contributed by atoms with van der Waals surface area (Å²) in [6.07, 6.45) is 4.24. The summed E-state index contributed by atoms with van der Waals surface area (Å²) in [6, 6.07) is 12.3. The van der Waals surface area contributed by atoms with Crippen molar-refractivity contribution in [2.45, 2.75) is 29.1 Å².